The number of carbonyl (C=O) groups is 2. The van der Waals surface area contributed by atoms with Gasteiger partial charge in [-0.05, 0) is 36.2 Å². The number of amides is 2. The SMILES string of the molecule is CN(C)C(=O)CSc1ccccc1C(=O)N(C)CCc1ccc(Br)cc1. The predicted octanol–water partition coefficient (Wildman–Crippen LogP) is 3.94. The van der Waals surface area contributed by atoms with E-state index in [1.54, 1.807) is 23.9 Å². The van der Waals surface area contributed by atoms with Gasteiger partial charge in [-0.15, -0.1) is 11.8 Å². The van der Waals surface area contributed by atoms with Crippen molar-refractivity contribution in [1.29, 1.82) is 0 Å². The monoisotopic (exact) mass is 434 g/mol. The van der Waals surface area contributed by atoms with Gasteiger partial charge >= 0.3 is 0 Å². The number of nitrogens with zero attached hydrogens (tertiary/aromatic N) is 2. The number of hydrogen-bond donors (Lipinski definition) is 0. The average molecular weight is 435 g/mol. The van der Waals surface area contributed by atoms with Crippen molar-refractivity contribution >= 4 is 39.5 Å². The fraction of sp³-hybridized carbons (Fsp3) is 0.300. The fourth-order valence-corrected chi connectivity index (χ4v) is 3.58. The van der Waals surface area contributed by atoms with Crippen molar-refractivity contribution in [3.05, 3.63) is 64.1 Å². The van der Waals surface area contributed by atoms with Crippen molar-refractivity contribution in [3.63, 3.8) is 0 Å². The van der Waals surface area contributed by atoms with E-state index in [2.05, 4.69) is 28.1 Å². The number of hydrogen-bond acceptors (Lipinski definition) is 3. The van der Waals surface area contributed by atoms with Crippen LogP contribution in [0.4, 0.5) is 0 Å². The molecular weight excluding hydrogens is 412 g/mol. The average Bonchev–Trinajstić information content (AvgIpc) is 2.64. The Morgan fingerprint density at radius 1 is 1.00 bits per heavy atom. The first kappa shape index (κ1) is 20.5. The number of thioether (sulfide) groups is 1. The second-order valence-corrected chi connectivity index (χ2v) is 8.11. The van der Waals surface area contributed by atoms with Gasteiger partial charge in [0.25, 0.3) is 5.91 Å². The summed E-state index contributed by atoms with van der Waals surface area (Å²) in [4.78, 5) is 28.8. The van der Waals surface area contributed by atoms with Gasteiger partial charge in [-0.3, -0.25) is 9.59 Å². The third-order valence-corrected chi connectivity index (χ3v) is 5.55. The van der Waals surface area contributed by atoms with Crippen molar-refractivity contribution in [3.8, 4) is 0 Å². The summed E-state index contributed by atoms with van der Waals surface area (Å²) in [6.45, 7) is 0.635. The Hall–Kier alpha value is -1.79. The van der Waals surface area contributed by atoms with Crippen molar-refractivity contribution in [2.75, 3.05) is 33.4 Å². The largest absolute Gasteiger partial charge is 0.348 e. The first-order valence-corrected chi connectivity index (χ1v) is 10.1. The Balaban J connectivity index is 2.01. The molecule has 2 amide bonds. The molecule has 0 spiro atoms. The van der Waals surface area contributed by atoms with E-state index in [4.69, 9.17) is 0 Å². The summed E-state index contributed by atoms with van der Waals surface area (Å²) in [5, 5.41) is 0. The van der Waals surface area contributed by atoms with E-state index in [9.17, 15) is 9.59 Å². The highest BCUT2D eigenvalue weighted by atomic mass is 79.9. The van der Waals surface area contributed by atoms with E-state index in [0.29, 0.717) is 17.9 Å². The molecule has 2 aromatic rings. The van der Waals surface area contributed by atoms with Gasteiger partial charge in [0.2, 0.25) is 5.91 Å². The minimum absolute atomic E-state index is 0.0255. The van der Waals surface area contributed by atoms with Crippen molar-refractivity contribution < 1.29 is 9.59 Å². The molecule has 26 heavy (non-hydrogen) atoms. The molecule has 4 nitrogen and oxygen atoms in total. The van der Waals surface area contributed by atoms with Gasteiger partial charge in [0.05, 0.1) is 11.3 Å². The highest BCUT2D eigenvalue weighted by molar-refractivity contribution is 9.10. The van der Waals surface area contributed by atoms with Crippen LogP contribution in [0.5, 0.6) is 0 Å². The first-order valence-electron chi connectivity index (χ1n) is 8.30. The van der Waals surface area contributed by atoms with Crippen LogP contribution in [0.2, 0.25) is 0 Å². The maximum atomic E-state index is 12.8. The van der Waals surface area contributed by atoms with Crippen molar-refractivity contribution in [1.82, 2.24) is 9.80 Å². The molecule has 0 aliphatic carbocycles. The molecule has 0 atom stereocenters. The lowest BCUT2D eigenvalue weighted by molar-refractivity contribution is -0.125. The molecule has 0 unspecified atom stereocenters. The Morgan fingerprint density at radius 3 is 2.31 bits per heavy atom. The minimum Gasteiger partial charge on any atom is -0.348 e. The summed E-state index contributed by atoms with van der Waals surface area (Å²) < 4.78 is 1.05. The Kier molecular flexibility index (Phi) is 7.72. The van der Waals surface area contributed by atoms with Crippen LogP contribution in [-0.2, 0) is 11.2 Å². The van der Waals surface area contributed by atoms with Crippen LogP contribution in [0.25, 0.3) is 0 Å². The molecule has 0 saturated heterocycles. The molecule has 0 bridgehead atoms. The Labute approximate surface area is 167 Å². The summed E-state index contributed by atoms with van der Waals surface area (Å²) in [6, 6.07) is 15.6. The van der Waals surface area contributed by atoms with Gasteiger partial charge in [-0.25, -0.2) is 0 Å². The maximum Gasteiger partial charge on any atom is 0.254 e. The molecule has 2 rings (SSSR count). The van der Waals surface area contributed by atoms with Crippen LogP contribution in [0.1, 0.15) is 15.9 Å². The zero-order valence-corrected chi connectivity index (χ0v) is 17.6. The molecule has 0 aliphatic rings. The standard InChI is InChI=1S/C20H23BrN2O2S/c1-22(2)19(24)14-26-18-7-5-4-6-17(18)20(25)23(3)13-12-15-8-10-16(21)11-9-15/h4-11H,12-14H2,1-3H3. The molecular formula is C20H23BrN2O2S. The van der Waals surface area contributed by atoms with Gasteiger partial charge < -0.3 is 9.80 Å². The lowest BCUT2D eigenvalue weighted by Gasteiger charge is -2.19. The van der Waals surface area contributed by atoms with Gasteiger partial charge in [-0.1, -0.05) is 40.2 Å². The minimum atomic E-state index is -0.0255. The number of benzene rings is 2. The number of carbonyl (C=O) groups excluding carboxylic acids is 2. The highest BCUT2D eigenvalue weighted by Crippen LogP contribution is 2.24. The summed E-state index contributed by atoms with van der Waals surface area (Å²) in [5.41, 5.74) is 1.83. The lowest BCUT2D eigenvalue weighted by atomic mass is 10.1. The van der Waals surface area contributed by atoms with E-state index in [1.807, 2.05) is 43.4 Å². The third-order valence-electron chi connectivity index (χ3n) is 3.96. The Bertz CT molecular complexity index is 763. The second kappa shape index (κ2) is 9.78. The summed E-state index contributed by atoms with van der Waals surface area (Å²) in [5.74, 6) is 0.322. The van der Waals surface area contributed by atoms with E-state index in [-0.39, 0.29) is 11.8 Å². The molecule has 138 valence electrons. The first-order chi connectivity index (χ1) is 12.4. The number of rotatable bonds is 7. The maximum absolute atomic E-state index is 12.8. The normalized spacial score (nSPS) is 10.5. The van der Waals surface area contributed by atoms with Crippen LogP contribution in [0.3, 0.4) is 0 Å². The summed E-state index contributed by atoms with van der Waals surface area (Å²) >= 11 is 4.83. The molecule has 0 radical (unpaired) electrons. The fourth-order valence-electron chi connectivity index (χ4n) is 2.29. The van der Waals surface area contributed by atoms with Crippen LogP contribution >= 0.6 is 27.7 Å². The highest BCUT2D eigenvalue weighted by Gasteiger charge is 2.17. The molecule has 0 fully saturated rings. The topological polar surface area (TPSA) is 40.6 Å². The quantitative estimate of drug-likeness (QED) is 0.619. The molecule has 0 aromatic heterocycles. The van der Waals surface area contributed by atoms with Crippen molar-refractivity contribution in [2.45, 2.75) is 11.3 Å². The zero-order chi connectivity index (χ0) is 19.1. The number of halogens is 1. The summed E-state index contributed by atoms with van der Waals surface area (Å²) in [7, 11) is 5.28. The van der Waals surface area contributed by atoms with Gasteiger partial charge in [-0.2, -0.15) is 0 Å². The number of likely N-dealkylation sites (N-methyl/N-ethyl adjacent to an activating group) is 1. The Morgan fingerprint density at radius 2 is 1.65 bits per heavy atom. The zero-order valence-electron chi connectivity index (χ0n) is 15.2. The molecule has 6 heteroatoms. The van der Waals surface area contributed by atoms with Crippen molar-refractivity contribution in [2.24, 2.45) is 0 Å². The summed E-state index contributed by atoms with van der Waals surface area (Å²) in [6.07, 6.45) is 0.796. The molecule has 0 saturated carbocycles. The van der Waals surface area contributed by atoms with E-state index >= 15 is 0 Å². The predicted molar refractivity (Wildman–Crippen MR) is 111 cm³/mol. The van der Waals surface area contributed by atoms with Gasteiger partial charge in [0.15, 0.2) is 0 Å². The van der Waals surface area contributed by atoms with E-state index in [1.165, 1.54) is 17.3 Å². The van der Waals surface area contributed by atoms with Gasteiger partial charge in [0.1, 0.15) is 0 Å². The third kappa shape index (κ3) is 5.88. The van der Waals surface area contributed by atoms with Crippen LogP contribution in [-0.4, -0.2) is 55.1 Å². The second-order valence-electron chi connectivity index (χ2n) is 6.18. The van der Waals surface area contributed by atoms with E-state index < -0.39 is 0 Å². The molecule has 0 aliphatic heterocycles. The van der Waals surface area contributed by atoms with Crippen LogP contribution in [0, 0.1) is 0 Å². The van der Waals surface area contributed by atoms with E-state index in [0.717, 1.165) is 15.8 Å². The van der Waals surface area contributed by atoms with Crippen LogP contribution < -0.4 is 0 Å². The molecule has 0 N–H and O–H groups in total. The van der Waals surface area contributed by atoms with Crippen LogP contribution in [0.15, 0.2) is 57.9 Å². The molecule has 2 aromatic carbocycles. The molecule has 0 heterocycles. The van der Waals surface area contributed by atoms with Gasteiger partial charge in [0, 0.05) is 37.1 Å². The lowest BCUT2D eigenvalue weighted by Crippen LogP contribution is -2.29. The smallest absolute Gasteiger partial charge is 0.254 e.